The van der Waals surface area contributed by atoms with Gasteiger partial charge in [0.25, 0.3) is 17.7 Å². The number of carboxylic acids is 1. The number of hydrogen-bond donors (Lipinski definition) is 2. The Hall–Kier alpha value is -3.20. The van der Waals surface area contributed by atoms with E-state index >= 15 is 0 Å². The van der Waals surface area contributed by atoms with Gasteiger partial charge in [-0.15, -0.1) is 0 Å². The van der Waals surface area contributed by atoms with Gasteiger partial charge in [0.1, 0.15) is 11.9 Å². The van der Waals surface area contributed by atoms with E-state index in [4.69, 9.17) is 0 Å². The third kappa shape index (κ3) is 4.35. The lowest BCUT2D eigenvalue weighted by molar-refractivity contribution is -0.139. The molecule has 0 fully saturated rings. The molecule has 156 valence electrons. The zero-order valence-electron chi connectivity index (χ0n) is 16.1. The first-order chi connectivity index (χ1) is 14.3. The third-order valence-corrected chi connectivity index (χ3v) is 5.52. The Balaban J connectivity index is 1.81. The fourth-order valence-corrected chi connectivity index (χ4v) is 3.74. The summed E-state index contributed by atoms with van der Waals surface area (Å²) in [6.45, 7) is 1.96. The summed E-state index contributed by atoms with van der Waals surface area (Å²) >= 11 is 1.57. The highest BCUT2D eigenvalue weighted by molar-refractivity contribution is 7.99. The van der Waals surface area contributed by atoms with Crippen LogP contribution in [0.2, 0.25) is 0 Å². The maximum absolute atomic E-state index is 13.2. The number of aliphatic carboxylic acids is 1. The van der Waals surface area contributed by atoms with Crippen molar-refractivity contribution in [1.29, 1.82) is 0 Å². The van der Waals surface area contributed by atoms with Crippen LogP contribution >= 0.6 is 11.8 Å². The molecular weight excluding hydrogens is 411 g/mol. The van der Waals surface area contributed by atoms with Gasteiger partial charge in [0.15, 0.2) is 0 Å². The summed E-state index contributed by atoms with van der Waals surface area (Å²) in [5, 5.41) is 11.8. The van der Waals surface area contributed by atoms with E-state index in [9.17, 15) is 28.7 Å². The first-order valence-electron chi connectivity index (χ1n) is 9.23. The van der Waals surface area contributed by atoms with E-state index in [1.54, 1.807) is 11.8 Å². The second-order valence-corrected chi connectivity index (χ2v) is 7.93. The van der Waals surface area contributed by atoms with Crippen molar-refractivity contribution in [3.05, 3.63) is 65.0 Å². The van der Waals surface area contributed by atoms with Crippen LogP contribution < -0.4 is 10.2 Å². The molecule has 3 rings (SSSR count). The quantitative estimate of drug-likeness (QED) is 0.493. The highest BCUT2D eigenvalue weighted by atomic mass is 32.2. The standard InChI is InChI=1S/C21H19FN2O5S/c1-2-30-10-9-17(21(28)29)23-18(25)12-3-8-15-16(11-12)20(27)24(19(15)26)14-6-4-13(22)5-7-14/h3-8,11,17H,2,9-10H2,1H3,(H,23,25)(H,28,29). The number of carbonyl (C=O) groups excluding carboxylic acids is 3. The summed E-state index contributed by atoms with van der Waals surface area (Å²) in [5.41, 5.74) is 0.443. The zero-order chi connectivity index (χ0) is 21.8. The third-order valence-electron chi connectivity index (χ3n) is 4.59. The molecule has 2 aromatic carbocycles. The number of anilines is 1. The number of halogens is 1. The van der Waals surface area contributed by atoms with Gasteiger partial charge in [-0.1, -0.05) is 6.92 Å². The predicted octanol–water partition coefficient (Wildman–Crippen LogP) is 2.95. The number of thioether (sulfide) groups is 1. The maximum Gasteiger partial charge on any atom is 0.326 e. The van der Waals surface area contributed by atoms with E-state index in [0.717, 1.165) is 22.8 Å². The van der Waals surface area contributed by atoms with E-state index < -0.39 is 35.5 Å². The Bertz CT molecular complexity index is 1010. The molecule has 0 saturated heterocycles. The van der Waals surface area contributed by atoms with Gasteiger partial charge in [-0.3, -0.25) is 14.4 Å². The monoisotopic (exact) mass is 430 g/mol. The minimum absolute atomic E-state index is 0.0328. The van der Waals surface area contributed by atoms with E-state index in [-0.39, 0.29) is 28.8 Å². The number of benzene rings is 2. The van der Waals surface area contributed by atoms with Crippen LogP contribution in [-0.2, 0) is 4.79 Å². The lowest BCUT2D eigenvalue weighted by Crippen LogP contribution is -2.41. The zero-order valence-corrected chi connectivity index (χ0v) is 16.9. The van der Waals surface area contributed by atoms with Crippen LogP contribution in [0.4, 0.5) is 10.1 Å². The number of carboxylic acid groups (broad SMARTS) is 1. The normalized spacial score (nSPS) is 13.9. The average Bonchev–Trinajstić information content (AvgIpc) is 2.98. The van der Waals surface area contributed by atoms with Crippen LogP contribution in [0, 0.1) is 5.82 Å². The topological polar surface area (TPSA) is 104 Å². The van der Waals surface area contributed by atoms with E-state index in [0.29, 0.717) is 5.75 Å². The molecule has 9 heteroatoms. The number of nitrogens with zero attached hydrogens (tertiary/aromatic N) is 1. The van der Waals surface area contributed by atoms with Gasteiger partial charge in [0.2, 0.25) is 0 Å². The minimum atomic E-state index is -1.14. The van der Waals surface area contributed by atoms with Crippen LogP contribution in [-0.4, -0.2) is 46.3 Å². The molecule has 1 aliphatic rings. The molecule has 0 bridgehead atoms. The minimum Gasteiger partial charge on any atom is -0.480 e. The molecule has 0 aliphatic carbocycles. The van der Waals surface area contributed by atoms with Crippen molar-refractivity contribution in [2.75, 3.05) is 16.4 Å². The second kappa shape index (κ2) is 9.08. The van der Waals surface area contributed by atoms with E-state index in [1.807, 2.05) is 6.92 Å². The van der Waals surface area contributed by atoms with Gasteiger partial charge in [-0.2, -0.15) is 11.8 Å². The van der Waals surface area contributed by atoms with Crippen molar-refractivity contribution in [2.24, 2.45) is 0 Å². The van der Waals surface area contributed by atoms with Gasteiger partial charge in [-0.25, -0.2) is 14.1 Å². The van der Waals surface area contributed by atoms with Crippen molar-refractivity contribution in [2.45, 2.75) is 19.4 Å². The summed E-state index contributed by atoms with van der Waals surface area (Å²) in [6.07, 6.45) is 0.264. The van der Waals surface area contributed by atoms with Crippen LogP contribution in [0.1, 0.15) is 44.4 Å². The van der Waals surface area contributed by atoms with Crippen molar-refractivity contribution in [1.82, 2.24) is 5.32 Å². The van der Waals surface area contributed by atoms with Crippen molar-refractivity contribution in [3.63, 3.8) is 0 Å². The van der Waals surface area contributed by atoms with Gasteiger partial charge in [0, 0.05) is 5.56 Å². The fourth-order valence-electron chi connectivity index (χ4n) is 3.05. The molecule has 30 heavy (non-hydrogen) atoms. The SMILES string of the molecule is CCSCCC(NC(=O)c1ccc2c(c1)C(=O)N(c1ccc(F)cc1)C2=O)C(=O)O. The second-order valence-electron chi connectivity index (χ2n) is 6.53. The molecule has 1 heterocycles. The molecule has 7 nitrogen and oxygen atoms in total. The molecule has 1 unspecified atom stereocenters. The molecule has 2 aromatic rings. The van der Waals surface area contributed by atoms with Gasteiger partial charge in [-0.05, 0) is 60.4 Å². The molecule has 2 N–H and O–H groups in total. The molecular formula is C21H19FN2O5S. The summed E-state index contributed by atoms with van der Waals surface area (Å²) in [4.78, 5) is 50.2. The number of fused-ring (bicyclic) bond motifs is 1. The molecule has 0 aromatic heterocycles. The molecule has 0 radical (unpaired) electrons. The van der Waals surface area contributed by atoms with Crippen molar-refractivity contribution < 1.29 is 28.7 Å². The smallest absolute Gasteiger partial charge is 0.326 e. The molecule has 1 aliphatic heterocycles. The molecule has 0 spiro atoms. The number of hydrogen-bond acceptors (Lipinski definition) is 5. The van der Waals surface area contributed by atoms with Gasteiger partial charge >= 0.3 is 5.97 Å². The highest BCUT2D eigenvalue weighted by Crippen LogP contribution is 2.29. The first-order valence-corrected chi connectivity index (χ1v) is 10.4. The molecule has 1 atom stereocenters. The van der Waals surface area contributed by atoms with E-state index in [1.165, 1.54) is 30.3 Å². The van der Waals surface area contributed by atoms with Crippen LogP contribution in [0.15, 0.2) is 42.5 Å². The molecule has 0 saturated carbocycles. The van der Waals surface area contributed by atoms with Gasteiger partial charge < -0.3 is 10.4 Å². The average molecular weight is 430 g/mol. The molecule has 3 amide bonds. The number of amides is 3. The Morgan fingerprint density at radius 3 is 2.40 bits per heavy atom. The van der Waals surface area contributed by atoms with E-state index in [2.05, 4.69) is 5.32 Å². The highest BCUT2D eigenvalue weighted by Gasteiger charge is 2.37. The number of imide groups is 1. The summed E-state index contributed by atoms with van der Waals surface area (Å²) < 4.78 is 13.2. The Morgan fingerprint density at radius 1 is 1.10 bits per heavy atom. The lowest BCUT2D eigenvalue weighted by Gasteiger charge is -2.14. The van der Waals surface area contributed by atoms with Crippen LogP contribution in [0.3, 0.4) is 0 Å². The van der Waals surface area contributed by atoms with Crippen molar-refractivity contribution >= 4 is 41.1 Å². The summed E-state index contributed by atoms with van der Waals surface area (Å²) in [5.74, 6) is -2.08. The maximum atomic E-state index is 13.2. The lowest BCUT2D eigenvalue weighted by atomic mass is 10.0. The Kier molecular flexibility index (Phi) is 6.51. The number of nitrogens with one attached hydrogen (secondary N) is 1. The number of rotatable bonds is 8. The summed E-state index contributed by atoms with van der Waals surface area (Å²) in [6, 6.07) is 7.85. The largest absolute Gasteiger partial charge is 0.480 e. The first kappa shape index (κ1) is 21.5. The summed E-state index contributed by atoms with van der Waals surface area (Å²) in [7, 11) is 0. The van der Waals surface area contributed by atoms with Crippen LogP contribution in [0.5, 0.6) is 0 Å². The predicted molar refractivity (Wildman–Crippen MR) is 110 cm³/mol. The Labute approximate surface area is 176 Å². The number of carbonyl (C=O) groups is 4. The van der Waals surface area contributed by atoms with Crippen LogP contribution in [0.25, 0.3) is 0 Å². The van der Waals surface area contributed by atoms with Gasteiger partial charge in [0.05, 0.1) is 16.8 Å². The van der Waals surface area contributed by atoms with Crippen molar-refractivity contribution in [3.8, 4) is 0 Å². The Morgan fingerprint density at radius 2 is 1.77 bits per heavy atom. The fraction of sp³-hybridized carbons (Fsp3) is 0.238.